The Balaban J connectivity index is 3.75. The summed E-state index contributed by atoms with van der Waals surface area (Å²) in [6.45, 7) is 6.78. The minimum absolute atomic E-state index is 1.20. The van der Waals surface area contributed by atoms with Crippen LogP contribution >= 0.6 is 0 Å². The Morgan fingerprint density at radius 1 is 1.00 bits per heavy atom. The van der Waals surface area contributed by atoms with Gasteiger partial charge in [0.15, 0.2) is 0 Å². The summed E-state index contributed by atoms with van der Waals surface area (Å²) in [6.07, 6.45) is 0. The van der Waals surface area contributed by atoms with Gasteiger partial charge < -0.3 is 0 Å². The molecule has 0 saturated heterocycles. The fraction of sp³-hybridized carbons (Fsp3) is 1.00. The van der Waals surface area contributed by atoms with E-state index in [9.17, 15) is 0 Å². The van der Waals surface area contributed by atoms with Gasteiger partial charge in [-0.2, -0.15) is 0 Å². The molecule has 0 radical (unpaired) electrons. The summed E-state index contributed by atoms with van der Waals surface area (Å²) in [5.41, 5.74) is 0. The summed E-state index contributed by atoms with van der Waals surface area (Å²) >= 11 is -1.88. The van der Waals surface area contributed by atoms with Crippen LogP contribution in [0.1, 0.15) is 0 Å². The molecule has 0 rings (SSSR count). The van der Waals surface area contributed by atoms with Gasteiger partial charge in [0.1, 0.15) is 0 Å². The fourth-order valence-electron chi connectivity index (χ4n) is 0.919. The van der Waals surface area contributed by atoms with Gasteiger partial charge in [-0.05, 0) is 0 Å². The van der Waals surface area contributed by atoms with E-state index in [0.29, 0.717) is 0 Å². The van der Waals surface area contributed by atoms with Gasteiger partial charge in [-0.25, -0.2) is 0 Å². The molecule has 3 heteroatoms. The molecule has 0 amide bonds. The third kappa shape index (κ3) is 8.98. The summed E-state index contributed by atoms with van der Waals surface area (Å²) in [4.78, 5) is 6.94. The fourth-order valence-corrected chi connectivity index (χ4v) is 18.5. The van der Waals surface area contributed by atoms with Gasteiger partial charge in [-0.3, -0.25) is 0 Å². The van der Waals surface area contributed by atoms with E-state index in [0.717, 1.165) is 0 Å². The first-order valence-electron chi connectivity index (χ1n) is 3.41. The van der Waals surface area contributed by atoms with Gasteiger partial charge >= 0.3 is 64.3 Å². The van der Waals surface area contributed by atoms with E-state index >= 15 is 0 Å². The molecule has 0 aliphatic rings. The van der Waals surface area contributed by atoms with Crippen LogP contribution in [-0.4, -0.2) is 27.1 Å². The van der Waals surface area contributed by atoms with Crippen molar-refractivity contribution in [2.75, 3.05) is 0 Å². The van der Waals surface area contributed by atoms with Crippen LogP contribution < -0.4 is 0 Å². The van der Waals surface area contributed by atoms with Crippen LogP contribution in [0.2, 0.25) is 34.5 Å². The Morgan fingerprint density at radius 3 is 1.33 bits per heavy atom. The van der Waals surface area contributed by atoms with E-state index in [2.05, 4.69) is 34.5 Å². The third-order valence-electron chi connectivity index (χ3n) is 0.612. The molecule has 0 fully saturated rings. The normalized spacial score (nSPS) is 14.0. The van der Waals surface area contributed by atoms with Crippen molar-refractivity contribution in [2.24, 2.45) is 0 Å². The van der Waals surface area contributed by atoms with E-state index in [1.807, 2.05) is 0 Å². The monoisotopic (exact) mass is 254 g/mol. The molecule has 0 aromatic heterocycles. The summed E-state index contributed by atoms with van der Waals surface area (Å²) in [5, 5.41) is 0. The molecule has 0 aliphatic heterocycles. The standard InChI is InChI=1S/C3H9OSi.3CH3.Sn/c1-5(2,3)4;;;;/h1-3H3;3*1H3;/q-1;;;;+1. The third-order valence-corrected chi connectivity index (χ3v) is 12.3. The molecule has 0 aliphatic carbocycles. The van der Waals surface area contributed by atoms with Crippen molar-refractivity contribution in [1.82, 2.24) is 0 Å². The van der Waals surface area contributed by atoms with Gasteiger partial charge in [0.05, 0.1) is 0 Å². The molecule has 1 nitrogen and oxygen atoms in total. The Labute approximate surface area is 64.3 Å². The average molecular weight is 253 g/mol. The molecular weight excluding hydrogens is 235 g/mol. The van der Waals surface area contributed by atoms with Gasteiger partial charge in [-0.1, -0.05) is 0 Å². The second-order valence-corrected chi connectivity index (χ2v) is 22.6. The van der Waals surface area contributed by atoms with Crippen LogP contribution in [0.4, 0.5) is 0 Å². The molecular formula is C6H18OSiSn. The summed E-state index contributed by atoms with van der Waals surface area (Å²) < 4.78 is 5.97. The van der Waals surface area contributed by atoms with Crippen LogP contribution in [0.25, 0.3) is 0 Å². The molecule has 0 atom stereocenters. The van der Waals surface area contributed by atoms with Crippen molar-refractivity contribution in [2.45, 2.75) is 34.5 Å². The Kier molecular flexibility index (Phi) is 3.24. The molecule has 0 aromatic carbocycles. The van der Waals surface area contributed by atoms with Crippen molar-refractivity contribution in [3.05, 3.63) is 0 Å². The van der Waals surface area contributed by atoms with Gasteiger partial charge in [0.25, 0.3) is 0 Å². The number of hydrogen-bond acceptors (Lipinski definition) is 1. The maximum atomic E-state index is 5.97. The average Bonchev–Trinajstić information content (AvgIpc) is 1.14. The van der Waals surface area contributed by atoms with Gasteiger partial charge in [-0.15, -0.1) is 0 Å². The first-order valence-corrected chi connectivity index (χ1v) is 16.5. The molecule has 0 unspecified atom stereocenters. The van der Waals surface area contributed by atoms with E-state index in [-0.39, 0.29) is 0 Å². The number of rotatable bonds is 2. The molecule has 56 valence electrons. The quantitative estimate of drug-likeness (QED) is 0.687. The molecule has 0 heterocycles. The number of hydrogen-bond donors (Lipinski definition) is 0. The molecule has 9 heavy (non-hydrogen) atoms. The van der Waals surface area contributed by atoms with E-state index in [1.54, 1.807) is 0 Å². The Bertz CT molecular complexity index is 78.2. The second-order valence-electron chi connectivity index (χ2n) is 4.33. The van der Waals surface area contributed by atoms with Crippen LogP contribution in [0.3, 0.4) is 0 Å². The van der Waals surface area contributed by atoms with E-state index in [1.165, 1.54) is 0 Å². The Hall–Kier alpha value is 0.976. The predicted octanol–water partition coefficient (Wildman–Crippen LogP) is 2.67. The van der Waals surface area contributed by atoms with Crippen LogP contribution in [0, 0.1) is 0 Å². The van der Waals surface area contributed by atoms with Crippen molar-refractivity contribution in [3.8, 4) is 0 Å². The van der Waals surface area contributed by atoms with Crippen molar-refractivity contribution in [1.29, 1.82) is 0 Å². The van der Waals surface area contributed by atoms with Gasteiger partial charge in [0.2, 0.25) is 0 Å². The summed E-state index contributed by atoms with van der Waals surface area (Å²) in [6, 6.07) is 0. The van der Waals surface area contributed by atoms with Crippen LogP contribution in [0.5, 0.6) is 0 Å². The first kappa shape index (κ1) is 9.98. The molecule has 0 aromatic rings. The van der Waals surface area contributed by atoms with Crippen molar-refractivity contribution in [3.63, 3.8) is 0 Å². The first-order chi connectivity index (χ1) is 3.71. The zero-order valence-electron chi connectivity index (χ0n) is 7.41. The molecule has 0 spiro atoms. The van der Waals surface area contributed by atoms with Crippen LogP contribution in [-0.2, 0) is 2.76 Å². The minimum atomic E-state index is -1.88. The van der Waals surface area contributed by atoms with Crippen molar-refractivity contribution >= 4 is 27.1 Å². The molecule has 0 N–H and O–H groups in total. The Morgan fingerprint density at radius 2 is 1.33 bits per heavy atom. The zero-order valence-corrected chi connectivity index (χ0v) is 11.3. The summed E-state index contributed by atoms with van der Waals surface area (Å²) in [5.74, 6) is 0. The molecule has 0 saturated carbocycles. The van der Waals surface area contributed by atoms with E-state index < -0.39 is 27.1 Å². The SMILES string of the molecule is C[Si](C)(C)[O][Sn]([CH3])([CH3])[CH3]. The zero-order chi connectivity index (χ0) is 7.71. The summed E-state index contributed by atoms with van der Waals surface area (Å²) in [7, 11) is -1.20. The van der Waals surface area contributed by atoms with Crippen LogP contribution in [0.15, 0.2) is 0 Å². The molecule has 0 bridgehead atoms. The maximum absolute atomic E-state index is 5.97. The topological polar surface area (TPSA) is 9.23 Å². The van der Waals surface area contributed by atoms with E-state index in [4.69, 9.17) is 2.76 Å². The second kappa shape index (κ2) is 2.92. The van der Waals surface area contributed by atoms with Crippen molar-refractivity contribution < 1.29 is 2.76 Å². The van der Waals surface area contributed by atoms with Gasteiger partial charge in [0, 0.05) is 0 Å². The predicted molar refractivity (Wildman–Crippen MR) is 47.8 cm³/mol.